The molecule has 8 heteroatoms. The first-order valence-electron chi connectivity index (χ1n) is 8.62. The summed E-state index contributed by atoms with van der Waals surface area (Å²) in [6, 6.07) is 8.21. The maximum atomic E-state index is 13.2. The van der Waals surface area contributed by atoms with E-state index in [9.17, 15) is 14.4 Å². The highest BCUT2D eigenvalue weighted by Crippen LogP contribution is 2.39. The lowest BCUT2D eigenvalue weighted by Crippen LogP contribution is -2.47. The summed E-state index contributed by atoms with van der Waals surface area (Å²) in [5.41, 5.74) is -0.0843. The fraction of sp³-hybridized carbons (Fsp3) is 0.368. The number of amides is 1. The van der Waals surface area contributed by atoms with E-state index in [2.05, 4.69) is 28.2 Å². The number of allylic oxidation sites excluding steroid dienone is 1. The first kappa shape index (κ1) is 19.1. The van der Waals surface area contributed by atoms with E-state index in [0.717, 1.165) is 18.4 Å². The second-order valence-electron chi connectivity index (χ2n) is 6.64. The molecule has 0 saturated heterocycles. The molecule has 0 unspecified atom stereocenters. The van der Waals surface area contributed by atoms with Gasteiger partial charge in [-0.2, -0.15) is 5.26 Å². The molecule has 2 aromatic rings. The third-order valence-electron chi connectivity index (χ3n) is 4.49. The van der Waals surface area contributed by atoms with Crippen molar-refractivity contribution in [1.82, 2.24) is 20.1 Å². The summed E-state index contributed by atoms with van der Waals surface area (Å²) >= 11 is 1.24. The fourth-order valence-corrected chi connectivity index (χ4v) is 3.59. The monoisotopic (exact) mass is 385 g/mol. The number of nitrogens with zero attached hydrogens (tertiary/aromatic N) is 4. The van der Waals surface area contributed by atoms with Crippen molar-refractivity contribution in [3.63, 3.8) is 0 Å². The Bertz CT molecular complexity index is 884. The molecule has 0 aliphatic heterocycles. The zero-order valence-corrected chi connectivity index (χ0v) is 15.8. The molecule has 6 nitrogen and oxygen atoms in total. The molecule has 1 saturated carbocycles. The van der Waals surface area contributed by atoms with Crippen LogP contribution in [0.5, 0.6) is 0 Å². The number of carbonyl (C=O) groups is 1. The van der Waals surface area contributed by atoms with Gasteiger partial charge in [-0.05, 0) is 49.9 Å². The van der Waals surface area contributed by atoms with Crippen LogP contribution in [0.2, 0.25) is 0 Å². The lowest BCUT2D eigenvalue weighted by atomic mass is 9.98. The van der Waals surface area contributed by atoms with Gasteiger partial charge in [-0.3, -0.25) is 9.36 Å². The highest BCUT2D eigenvalue weighted by molar-refractivity contribution is 7.99. The third-order valence-corrected chi connectivity index (χ3v) is 5.46. The van der Waals surface area contributed by atoms with Gasteiger partial charge >= 0.3 is 0 Å². The van der Waals surface area contributed by atoms with E-state index in [0.29, 0.717) is 17.5 Å². The molecule has 0 spiro atoms. The lowest BCUT2D eigenvalue weighted by Gasteiger charge is -2.22. The zero-order chi connectivity index (χ0) is 19.4. The average molecular weight is 385 g/mol. The van der Waals surface area contributed by atoms with Crippen molar-refractivity contribution in [3.05, 3.63) is 42.7 Å². The highest BCUT2D eigenvalue weighted by Gasteiger charge is 2.42. The molecule has 0 radical (unpaired) electrons. The largest absolute Gasteiger partial charge is 0.337 e. The van der Waals surface area contributed by atoms with Gasteiger partial charge in [0.25, 0.3) is 0 Å². The SMILES string of the molecule is C=CCn1c(SCC(=O)N[C@@](C)(C#N)C2CC2)nnc1-c1ccc(F)cc1. The predicted molar refractivity (Wildman–Crippen MR) is 101 cm³/mol. The molecule has 1 fully saturated rings. The summed E-state index contributed by atoms with van der Waals surface area (Å²) in [7, 11) is 0. The van der Waals surface area contributed by atoms with Crippen LogP contribution in [0.3, 0.4) is 0 Å². The summed E-state index contributed by atoms with van der Waals surface area (Å²) in [4.78, 5) is 12.3. The summed E-state index contributed by atoms with van der Waals surface area (Å²) < 4.78 is 15.0. The molecule has 1 aliphatic carbocycles. The van der Waals surface area contributed by atoms with Crippen molar-refractivity contribution in [2.45, 2.75) is 37.0 Å². The van der Waals surface area contributed by atoms with Gasteiger partial charge in [0.15, 0.2) is 11.0 Å². The van der Waals surface area contributed by atoms with E-state index in [1.807, 2.05) is 4.57 Å². The summed E-state index contributed by atoms with van der Waals surface area (Å²) in [6.45, 7) is 5.97. The van der Waals surface area contributed by atoms with Gasteiger partial charge in [-0.15, -0.1) is 16.8 Å². The summed E-state index contributed by atoms with van der Waals surface area (Å²) in [6.07, 6.45) is 3.64. The van der Waals surface area contributed by atoms with Crippen molar-refractivity contribution < 1.29 is 9.18 Å². The molecule has 0 bridgehead atoms. The number of rotatable bonds is 8. The van der Waals surface area contributed by atoms with Gasteiger partial charge in [0.2, 0.25) is 5.91 Å². The number of nitrogens with one attached hydrogen (secondary N) is 1. The molecule has 1 atom stereocenters. The Kier molecular flexibility index (Phi) is 5.61. The van der Waals surface area contributed by atoms with Gasteiger partial charge < -0.3 is 5.32 Å². The molecule has 27 heavy (non-hydrogen) atoms. The number of hydrogen-bond donors (Lipinski definition) is 1. The Hall–Kier alpha value is -2.66. The van der Waals surface area contributed by atoms with Crippen LogP contribution in [-0.2, 0) is 11.3 Å². The minimum atomic E-state index is -0.814. The van der Waals surface area contributed by atoms with Crippen LogP contribution in [-0.4, -0.2) is 32.0 Å². The summed E-state index contributed by atoms with van der Waals surface area (Å²) in [5, 5.41) is 21.1. The minimum Gasteiger partial charge on any atom is -0.337 e. The zero-order valence-electron chi connectivity index (χ0n) is 15.0. The first-order chi connectivity index (χ1) is 13.0. The molecule has 1 aromatic heterocycles. The van der Waals surface area contributed by atoms with Gasteiger partial charge in [-0.1, -0.05) is 17.8 Å². The van der Waals surface area contributed by atoms with Crippen molar-refractivity contribution in [2.75, 3.05) is 5.75 Å². The average Bonchev–Trinajstić information content (AvgIpc) is 3.44. The van der Waals surface area contributed by atoms with Gasteiger partial charge in [0.05, 0.1) is 11.8 Å². The van der Waals surface area contributed by atoms with Crippen molar-refractivity contribution in [2.24, 2.45) is 5.92 Å². The van der Waals surface area contributed by atoms with Crippen LogP contribution in [0, 0.1) is 23.1 Å². The van der Waals surface area contributed by atoms with Crippen LogP contribution in [0.15, 0.2) is 42.1 Å². The Morgan fingerprint density at radius 3 is 2.78 bits per heavy atom. The molecular weight excluding hydrogens is 365 g/mol. The highest BCUT2D eigenvalue weighted by atomic mass is 32.2. The predicted octanol–water partition coefficient (Wildman–Crippen LogP) is 3.17. The van der Waals surface area contributed by atoms with Gasteiger partial charge in [0.1, 0.15) is 11.4 Å². The first-order valence-corrected chi connectivity index (χ1v) is 9.60. The Morgan fingerprint density at radius 1 is 1.48 bits per heavy atom. The van der Waals surface area contributed by atoms with Crippen molar-refractivity contribution in [1.29, 1.82) is 5.26 Å². The van der Waals surface area contributed by atoms with E-state index >= 15 is 0 Å². The molecule has 1 N–H and O–H groups in total. The molecule has 3 rings (SSSR count). The smallest absolute Gasteiger partial charge is 0.231 e. The number of aromatic nitrogens is 3. The molecule has 1 heterocycles. The molecule has 140 valence electrons. The second kappa shape index (κ2) is 7.92. The third kappa shape index (κ3) is 4.37. The number of thioether (sulfide) groups is 1. The molecule has 1 amide bonds. The van der Waals surface area contributed by atoms with Crippen LogP contribution >= 0.6 is 11.8 Å². The maximum absolute atomic E-state index is 13.2. The lowest BCUT2D eigenvalue weighted by molar-refractivity contribution is -0.119. The van der Waals surface area contributed by atoms with E-state index in [1.165, 1.54) is 23.9 Å². The molecule has 1 aliphatic rings. The van der Waals surface area contributed by atoms with Gasteiger partial charge in [-0.25, -0.2) is 4.39 Å². The second-order valence-corrected chi connectivity index (χ2v) is 7.58. The van der Waals surface area contributed by atoms with Crippen LogP contribution < -0.4 is 5.32 Å². The normalized spacial score (nSPS) is 15.6. The number of hydrogen-bond acceptors (Lipinski definition) is 5. The summed E-state index contributed by atoms with van der Waals surface area (Å²) in [5.74, 6) is 0.398. The van der Waals surface area contributed by atoms with Crippen LogP contribution in [0.25, 0.3) is 11.4 Å². The standard InChI is InChI=1S/C19H20FN5OS/c1-3-10-25-17(13-4-8-15(20)9-5-13)23-24-18(25)27-11-16(26)22-19(2,12-21)14-6-7-14/h3-5,8-9,14H,1,6-7,10-11H2,2H3,(H,22,26)/t19-/m0/s1. The topological polar surface area (TPSA) is 83.6 Å². The van der Waals surface area contributed by atoms with Crippen molar-refractivity contribution >= 4 is 17.7 Å². The molecular formula is C19H20FN5OS. The number of halogens is 1. The Labute approximate surface area is 161 Å². The fourth-order valence-electron chi connectivity index (χ4n) is 2.84. The van der Waals surface area contributed by atoms with E-state index in [1.54, 1.807) is 25.1 Å². The van der Waals surface area contributed by atoms with Crippen LogP contribution in [0.4, 0.5) is 4.39 Å². The number of nitriles is 1. The van der Waals surface area contributed by atoms with E-state index in [4.69, 9.17) is 0 Å². The number of carbonyl (C=O) groups excluding carboxylic acids is 1. The Morgan fingerprint density at radius 2 is 2.19 bits per heavy atom. The molecule has 1 aromatic carbocycles. The van der Waals surface area contributed by atoms with E-state index < -0.39 is 5.54 Å². The van der Waals surface area contributed by atoms with Gasteiger partial charge in [0, 0.05) is 12.1 Å². The van der Waals surface area contributed by atoms with Crippen molar-refractivity contribution in [3.8, 4) is 17.5 Å². The quantitative estimate of drug-likeness (QED) is 0.557. The van der Waals surface area contributed by atoms with E-state index in [-0.39, 0.29) is 23.4 Å². The number of benzene rings is 1. The Balaban J connectivity index is 1.71. The minimum absolute atomic E-state index is 0.128. The maximum Gasteiger partial charge on any atom is 0.231 e. The van der Waals surface area contributed by atoms with Crippen LogP contribution in [0.1, 0.15) is 19.8 Å².